The number of furan rings is 1. The monoisotopic (exact) mass is 231 g/mol. The molecule has 3 nitrogen and oxygen atoms in total. The van der Waals surface area contributed by atoms with Crippen molar-refractivity contribution < 1.29 is 9.15 Å². The van der Waals surface area contributed by atoms with Crippen LogP contribution in [-0.4, -0.2) is 7.05 Å². The van der Waals surface area contributed by atoms with Crippen molar-refractivity contribution in [1.82, 2.24) is 5.32 Å². The molecule has 0 unspecified atom stereocenters. The number of hydrogen-bond donors (Lipinski definition) is 1. The second-order valence-electron chi connectivity index (χ2n) is 3.93. The molecule has 0 aliphatic heterocycles. The zero-order chi connectivity index (χ0) is 12.1. The maximum absolute atomic E-state index is 5.62. The van der Waals surface area contributed by atoms with E-state index in [1.165, 1.54) is 5.56 Å². The summed E-state index contributed by atoms with van der Waals surface area (Å²) < 4.78 is 11.2. The Labute approximate surface area is 101 Å². The van der Waals surface area contributed by atoms with Crippen LogP contribution in [0.4, 0.5) is 0 Å². The van der Waals surface area contributed by atoms with Crippen molar-refractivity contribution in [2.24, 2.45) is 0 Å². The largest absolute Gasteiger partial charge is 0.486 e. The molecule has 0 fully saturated rings. The van der Waals surface area contributed by atoms with Gasteiger partial charge in [-0.05, 0) is 32.2 Å². The third-order valence-corrected chi connectivity index (χ3v) is 2.56. The van der Waals surface area contributed by atoms with Crippen LogP contribution in [0.5, 0.6) is 5.75 Å². The Morgan fingerprint density at radius 2 is 2.00 bits per heavy atom. The average molecular weight is 231 g/mol. The molecule has 0 aliphatic carbocycles. The van der Waals surface area contributed by atoms with Crippen LogP contribution in [0.15, 0.2) is 40.8 Å². The molecule has 0 saturated heterocycles. The molecule has 90 valence electrons. The van der Waals surface area contributed by atoms with E-state index in [1.54, 1.807) is 0 Å². The lowest BCUT2D eigenvalue weighted by Gasteiger charge is -2.02. The van der Waals surface area contributed by atoms with E-state index in [9.17, 15) is 0 Å². The summed E-state index contributed by atoms with van der Waals surface area (Å²) in [5.74, 6) is 2.67. The minimum atomic E-state index is 0.467. The van der Waals surface area contributed by atoms with Gasteiger partial charge in [0.1, 0.15) is 23.9 Å². The molecule has 0 amide bonds. The standard InChI is InChI=1S/C14H17NO2/c1-11-12(9-15-2)8-14(17-11)10-16-13-6-4-3-5-7-13/h3-8,15H,9-10H2,1-2H3. The van der Waals surface area contributed by atoms with E-state index in [2.05, 4.69) is 5.32 Å². The quantitative estimate of drug-likeness (QED) is 0.859. The number of ether oxygens (including phenoxy) is 1. The number of para-hydroxylation sites is 1. The van der Waals surface area contributed by atoms with Crippen LogP contribution in [0.25, 0.3) is 0 Å². The van der Waals surface area contributed by atoms with Gasteiger partial charge in [0.15, 0.2) is 0 Å². The highest BCUT2D eigenvalue weighted by Gasteiger charge is 2.06. The molecule has 1 heterocycles. The molecule has 0 spiro atoms. The summed E-state index contributed by atoms with van der Waals surface area (Å²) >= 11 is 0. The minimum absolute atomic E-state index is 0.467. The Bertz CT molecular complexity index is 462. The van der Waals surface area contributed by atoms with Crippen LogP contribution < -0.4 is 10.1 Å². The van der Waals surface area contributed by atoms with Crippen molar-refractivity contribution in [3.8, 4) is 5.75 Å². The second kappa shape index (κ2) is 5.55. The molecule has 0 aliphatic rings. The van der Waals surface area contributed by atoms with Crippen molar-refractivity contribution in [1.29, 1.82) is 0 Å². The van der Waals surface area contributed by atoms with Gasteiger partial charge in [-0.1, -0.05) is 18.2 Å². The normalized spacial score (nSPS) is 10.5. The summed E-state index contributed by atoms with van der Waals surface area (Å²) in [6, 6.07) is 11.8. The minimum Gasteiger partial charge on any atom is -0.486 e. The molecule has 2 rings (SSSR count). The molecule has 0 atom stereocenters. The number of hydrogen-bond acceptors (Lipinski definition) is 3. The van der Waals surface area contributed by atoms with Crippen LogP contribution in [0.3, 0.4) is 0 Å². The van der Waals surface area contributed by atoms with Gasteiger partial charge in [0, 0.05) is 12.1 Å². The first-order valence-corrected chi connectivity index (χ1v) is 5.70. The molecule has 17 heavy (non-hydrogen) atoms. The Kier molecular flexibility index (Phi) is 3.83. The van der Waals surface area contributed by atoms with Gasteiger partial charge >= 0.3 is 0 Å². The topological polar surface area (TPSA) is 34.4 Å². The third-order valence-electron chi connectivity index (χ3n) is 2.56. The summed E-state index contributed by atoms with van der Waals surface area (Å²) in [5.41, 5.74) is 1.18. The van der Waals surface area contributed by atoms with Crippen LogP contribution >= 0.6 is 0 Å². The van der Waals surface area contributed by atoms with E-state index in [0.29, 0.717) is 6.61 Å². The van der Waals surface area contributed by atoms with Gasteiger partial charge in [-0.3, -0.25) is 0 Å². The molecule has 1 aromatic carbocycles. The van der Waals surface area contributed by atoms with Crippen molar-refractivity contribution >= 4 is 0 Å². The predicted molar refractivity (Wildman–Crippen MR) is 67.0 cm³/mol. The van der Waals surface area contributed by atoms with Gasteiger partial charge in [-0.15, -0.1) is 0 Å². The Hall–Kier alpha value is -1.74. The smallest absolute Gasteiger partial charge is 0.146 e. The first-order chi connectivity index (χ1) is 8.29. The molecule has 2 aromatic rings. The van der Waals surface area contributed by atoms with E-state index in [4.69, 9.17) is 9.15 Å². The van der Waals surface area contributed by atoms with Crippen molar-refractivity contribution in [2.45, 2.75) is 20.1 Å². The highest BCUT2D eigenvalue weighted by Crippen LogP contribution is 2.17. The van der Waals surface area contributed by atoms with E-state index in [1.807, 2.05) is 50.4 Å². The maximum Gasteiger partial charge on any atom is 0.146 e. The van der Waals surface area contributed by atoms with E-state index >= 15 is 0 Å². The zero-order valence-electron chi connectivity index (χ0n) is 10.2. The van der Waals surface area contributed by atoms with Crippen LogP contribution in [-0.2, 0) is 13.2 Å². The molecular formula is C14H17NO2. The first kappa shape index (κ1) is 11.7. The summed E-state index contributed by atoms with van der Waals surface area (Å²) in [6.07, 6.45) is 0. The van der Waals surface area contributed by atoms with Crippen molar-refractivity contribution in [3.05, 3.63) is 53.5 Å². The van der Waals surface area contributed by atoms with E-state index < -0.39 is 0 Å². The molecular weight excluding hydrogens is 214 g/mol. The van der Waals surface area contributed by atoms with Gasteiger partial charge < -0.3 is 14.5 Å². The number of rotatable bonds is 5. The summed E-state index contributed by atoms with van der Waals surface area (Å²) in [4.78, 5) is 0. The highest BCUT2D eigenvalue weighted by molar-refractivity contribution is 5.23. The fraction of sp³-hybridized carbons (Fsp3) is 0.286. The molecule has 1 aromatic heterocycles. The summed E-state index contributed by atoms with van der Waals surface area (Å²) in [7, 11) is 1.92. The van der Waals surface area contributed by atoms with Gasteiger partial charge in [0.2, 0.25) is 0 Å². The van der Waals surface area contributed by atoms with E-state index in [0.717, 1.165) is 23.8 Å². The fourth-order valence-electron chi connectivity index (χ4n) is 1.70. The number of benzene rings is 1. The number of aryl methyl sites for hydroxylation is 1. The van der Waals surface area contributed by atoms with Crippen LogP contribution in [0.1, 0.15) is 17.1 Å². The second-order valence-corrected chi connectivity index (χ2v) is 3.93. The zero-order valence-corrected chi connectivity index (χ0v) is 10.2. The predicted octanol–water partition coefficient (Wildman–Crippen LogP) is 2.89. The molecule has 3 heteroatoms. The first-order valence-electron chi connectivity index (χ1n) is 5.70. The summed E-state index contributed by atoms with van der Waals surface area (Å²) in [5, 5.41) is 3.11. The third kappa shape index (κ3) is 3.11. The Morgan fingerprint density at radius 1 is 1.24 bits per heavy atom. The van der Waals surface area contributed by atoms with E-state index in [-0.39, 0.29) is 0 Å². The lowest BCUT2D eigenvalue weighted by molar-refractivity contribution is 0.267. The van der Waals surface area contributed by atoms with Gasteiger partial charge in [0.05, 0.1) is 0 Å². The SMILES string of the molecule is CNCc1cc(COc2ccccc2)oc1C. The van der Waals surface area contributed by atoms with Crippen LogP contribution in [0.2, 0.25) is 0 Å². The molecule has 0 bridgehead atoms. The van der Waals surface area contributed by atoms with Crippen molar-refractivity contribution in [2.75, 3.05) is 7.05 Å². The lowest BCUT2D eigenvalue weighted by Crippen LogP contribution is -2.04. The fourth-order valence-corrected chi connectivity index (χ4v) is 1.70. The maximum atomic E-state index is 5.62. The Balaban J connectivity index is 1.97. The average Bonchev–Trinajstić information content (AvgIpc) is 2.70. The van der Waals surface area contributed by atoms with Gasteiger partial charge in [-0.25, -0.2) is 0 Å². The lowest BCUT2D eigenvalue weighted by atomic mass is 10.2. The number of nitrogens with one attached hydrogen (secondary N) is 1. The highest BCUT2D eigenvalue weighted by atomic mass is 16.5. The summed E-state index contributed by atoms with van der Waals surface area (Å²) in [6.45, 7) is 3.26. The molecule has 1 N–H and O–H groups in total. The molecule has 0 saturated carbocycles. The van der Waals surface area contributed by atoms with Crippen LogP contribution in [0, 0.1) is 6.92 Å². The van der Waals surface area contributed by atoms with Gasteiger partial charge in [0.25, 0.3) is 0 Å². The Morgan fingerprint density at radius 3 is 2.71 bits per heavy atom. The molecule has 0 radical (unpaired) electrons. The van der Waals surface area contributed by atoms with Crippen molar-refractivity contribution in [3.63, 3.8) is 0 Å². The van der Waals surface area contributed by atoms with Gasteiger partial charge in [-0.2, -0.15) is 0 Å².